The molecule has 5 rings (SSSR count). The SMILES string of the molecule is CN1C(=O)C(=Cc2cn(-c3ccccc3)nc2-c2cccc(S(=O)(=O)N3CCCC3)c2)SC1=S. The van der Waals surface area contributed by atoms with Crippen LogP contribution in [-0.2, 0) is 14.8 Å². The number of hydrogen-bond donors (Lipinski definition) is 0. The summed E-state index contributed by atoms with van der Waals surface area (Å²) in [4.78, 5) is 14.8. The first-order valence-corrected chi connectivity index (χ1v) is 13.5. The molecule has 0 N–H and O–H groups in total. The summed E-state index contributed by atoms with van der Waals surface area (Å²) in [6.07, 6.45) is 5.36. The highest BCUT2D eigenvalue weighted by Gasteiger charge is 2.30. The predicted octanol–water partition coefficient (Wildman–Crippen LogP) is 4.15. The van der Waals surface area contributed by atoms with Gasteiger partial charge < -0.3 is 0 Å². The number of sulfonamides is 1. The molecule has 0 atom stereocenters. The number of aromatic nitrogens is 2. The molecule has 2 aliphatic heterocycles. The van der Waals surface area contributed by atoms with Gasteiger partial charge in [-0.15, -0.1) is 0 Å². The first kappa shape index (κ1) is 23.0. The number of likely N-dealkylation sites (N-methyl/N-ethyl adjacent to an activating group) is 1. The van der Waals surface area contributed by atoms with Crippen molar-refractivity contribution in [2.75, 3.05) is 20.1 Å². The van der Waals surface area contributed by atoms with E-state index in [0.717, 1.165) is 18.5 Å². The minimum Gasteiger partial charge on any atom is -0.296 e. The van der Waals surface area contributed by atoms with Gasteiger partial charge in [0.2, 0.25) is 10.0 Å². The Bertz CT molecular complexity index is 1410. The summed E-state index contributed by atoms with van der Waals surface area (Å²) in [6.45, 7) is 1.08. The molecule has 3 heterocycles. The fourth-order valence-electron chi connectivity index (χ4n) is 4.00. The van der Waals surface area contributed by atoms with Crippen molar-refractivity contribution >= 4 is 50.3 Å². The van der Waals surface area contributed by atoms with E-state index >= 15 is 0 Å². The molecular formula is C24H22N4O3S3. The van der Waals surface area contributed by atoms with Crippen LogP contribution in [0.4, 0.5) is 0 Å². The summed E-state index contributed by atoms with van der Waals surface area (Å²) in [5, 5.41) is 4.77. The van der Waals surface area contributed by atoms with E-state index in [0.29, 0.717) is 39.1 Å². The van der Waals surface area contributed by atoms with E-state index in [1.807, 2.05) is 42.6 Å². The third-order valence-corrected chi connectivity index (χ3v) is 9.23. The number of benzene rings is 2. The first-order chi connectivity index (χ1) is 16.3. The predicted molar refractivity (Wildman–Crippen MR) is 138 cm³/mol. The number of rotatable bonds is 5. The Labute approximate surface area is 208 Å². The summed E-state index contributed by atoms with van der Waals surface area (Å²) in [6, 6.07) is 16.5. The van der Waals surface area contributed by atoms with Gasteiger partial charge in [-0.2, -0.15) is 9.40 Å². The van der Waals surface area contributed by atoms with Gasteiger partial charge in [0.05, 0.1) is 15.5 Å². The molecule has 7 nitrogen and oxygen atoms in total. The molecule has 2 fully saturated rings. The van der Waals surface area contributed by atoms with Crippen molar-refractivity contribution in [1.29, 1.82) is 0 Å². The summed E-state index contributed by atoms with van der Waals surface area (Å²) in [5.74, 6) is -0.168. The van der Waals surface area contributed by atoms with Crippen molar-refractivity contribution in [2.24, 2.45) is 0 Å². The highest BCUT2D eigenvalue weighted by atomic mass is 32.2. The highest BCUT2D eigenvalue weighted by molar-refractivity contribution is 8.26. The lowest BCUT2D eigenvalue weighted by molar-refractivity contribution is -0.121. The Balaban J connectivity index is 1.62. The number of nitrogens with zero attached hydrogens (tertiary/aromatic N) is 4. The number of hydrogen-bond acceptors (Lipinski definition) is 6. The smallest absolute Gasteiger partial charge is 0.265 e. The number of carbonyl (C=O) groups is 1. The van der Waals surface area contributed by atoms with Crippen LogP contribution in [0.15, 0.2) is 70.6 Å². The van der Waals surface area contributed by atoms with E-state index in [-0.39, 0.29) is 10.8 Å². The Morgan fingerprint density at radius 3 is 2.47 bits per heavy atom. The molecule has 3 aromatic rings. The zero-order valence-corrected chi connectivity index (χ0v) is 20.9. The third-order valence-electron chi connectivity index (χ3n) is 5.85. The monoisotopic (exact) mass is 510 g/mol. The summed E-state index contributed by atoms with van der Waals surface area (Å²) < 4.78 is 30.0. The van der Waals surface area contributed by atoms with Crippen molar-refractivity contribution in [3.05, 3.63) is 71.3 Å². The molecular weight excluding hydrogens is 488 g/mol. The number of carbonyl (C=O) groups excluding carboxylic acids is 1. The number of thiocarbonyl (C=S) groups is 1. The molecule has 34 heavy (non-hydrogen) atoms. The van der Waals surface area contributed by atoms with Crippen LogP contribution < -0.4 is 0 Å². The van der Waals surface area contributed by atoms with E-state index in [4.69, 9.17) is 17.3 Å². The van der Waals surface area contributed by atoms with Crippen LogP contribution >= 0.6 is 24.0 Å². The van der Waals surface area contributed by atoms with Crippen LogP contribution in [0, 0.1) is 0 Å². The molecule has 174 valence electrons. The number of para-hydroxylation sites is 1. The first-order valence-electron chi connectivity index (χ1n) is 10.8. The zero-order valence-electron chi connectivity index (χ0n) is 18.4. The molecule has 1 amide bonds. The molecule has 2 aliphatic rings. The lowest BCUT2D eigenvalue weighted by atomic mass is 10.1. The van der Waals surface area contributed by atoms with Crippen LogP contribution in [0.2, 0.25) is 0 Å². The molecule has 2 saturated heterocycles. The highest BCUT2D eigenvalue weighted by Crippen LogP contribution is 2.34. The van der Waals surface area contributed by atoms with Crippen molar-refractivity contribution in [3.8, 4) is 16.9 Å². The van der Waals surface area contributed by atoms with Crippen molar-refractivity contribution in [2.45, 2.75) is 17.7 Å². The number of thioether (sulfide) groups is 1. The van der Waals surface area contributed by atoms with E-state index in [9.17, 15) is 13.2 Å². The molecule has 0 unspecified atom stereocenters. The number of amides is 1. The summed E-state index contributed by atoms with van der Waals surface area (Å²) in [7, 11) is -1.92. The van der Waals surface area contributed by atoms with Crippen LogP contribution in [-0.4, -0.2) is 57.8 Å². The van der Waals surface area contributed by atoms with Gasteiger partial charge in [0.15, 0.2) is 0 Å². The fraction of sp³-hybridized carbons (Fsp3) is 0.208. The molecule has 0 spiro atoms. The van der Waals surface area contributed by atoms with Crippen LogP contribution in [0.25, 0.3) is 23.0 Å². The van der Waals surface area contributed by atoms with Crippen molar-refractivity contribution in [3.63, 3.8) is 0 Å². The molecule has 1 aromatic heterocycles. The summed E-state index contributed by atoms with van der Waals surface area (Å²) >= 11 is 6.50. The van der Waals surface area contributed by atoms with E-state index < -0.39 is 10.0 Å². The third kappa shape index (κ3) is 4.22. The van der Waals surface area contributed by atoms with Gasteiger partial charge in [-0.1, -0.05) is 54.3 Å². The quantitative estimate of drug-likeness (QED) is 0.379. The molecule has 0 aliphatic carbocycles. The lowest BCUT2D eigenvalue weighted by Crippen LogP contribution is -2.27. The Morgan fingerprint density at radius 1 is 1.06 bits per heavy atom. The standard InChI is InChI=1S/C24H22N4O3S3/c1-26-23(29)21(33-24(26)32)15-18-16-28(19-9-3-2-4-10-19)25-22(18)17-8-7-11-20(14-17)34(30,31)27-12-5-6-13-27/h2-4,7-11,14-16H,5-6,12-13H2,1H3. The minimum atomic E-state index is -3.57. The van der Waals surface area contributed by atoms with E-state index in [2.05, 4.69) is 0 Å². The molecule has 0 radical (unpaired) electrons. The largest absolute Gasteiger partial charge is 0.296 e. The van der Waals surface area contributed by atoms with Gasteiger partial charge in [0, 0.05) is 37.5 Å². The maximum absolute atomic E-state index is 13.1. The lowest BCUT2D eigenvalue weighted by Gasteiger charge is -2.16. The molecule has 0 saturated carbocycles. The Hall–Kier alpha value is -2.79. The van der Waals surface area contributed by atoms with Gasteiger partial charge >= 0.3 is 0 Å². The Morgan fingerprint density at radius 2 is 1.79 bits per heavy atom. The van der Waals surface area contributed by atoms with Gasteiger partial charge in [-0.3, -0.25) is 9.69 Å². The van der Waals surface area contributed by atoms with Crippen LogP contribution in [0.1, 0.15) is 18.4 Å². The second kappa shape index (κ2) is 9.10. The summed E-state index contributed by atoms with van der Waals surface area (Å²) in [5.41, 5.74) is 2.80. The normalized spacial score (nSPS) is 18.4. The second-order valence-electron chi connectivity index (χ2n) is 8.09. The Kier molecular flexibility index (Phi) is 6.15. The van der Waals surface area contributed by atoms with Gasteiger partial charge in [-0.25, -0.2) is 13.1 Å². The van der Waals surface area contributed by atoms with Crippen LogP contribution in [0.3, 0.4) is 0 Å². The average Bonchev–Trinajstić information content (AvgIpc) is 3.58. The van der Waals surface area contributed by atoms with Crippen molar-refractivity contribution < 1.29 is 13.2 Å². The average molecular weight is 511 g/mol. The maximum atomic E-state index is 13.1. The van der Waals surface area contributed by atoms with Gasteiger partial charge in [-0.05, 0) is 43.2 Å². The van der Waals surface area contributed by atoms with Crippen LogP contribution in [0.5, 0.6) is 0 Å². The molecule has 10 heteroatoms. The van der Waals surface area contributed by atoms with Gasteiger partial charge in [0.25, 0.3) is 5.91 Å². The van der Waals surface area contributed by atoms with E-state index in [1.165, 1.54) is 21.0 Å². The van der Waals surface area contributed by atoms with E-state index in [1.54, 1.807) is 36.0 Å². The fourth-order valence-corrected chi connectivity index (χ4v) is 6.73. The van der Waals surface area contributed by atoms with Gasteiger partial charge in [0.1, 0.15) is 10.0 Å². The topological polar surface area (TPSA) is 75.5 Å². The molecule has 0 bridgehead atoms. The minimum absolute atomic E-state index is 0.168. The maximum Gasteiger partial charge on any atom is 0.265 e. The zero-order chi connectivity index (χ0) is 23.9. The second-order valence-corrected chi connectivity index (χ2v) is 11.7. The van der Waals surface area contributed by atoms with Crippen molar-refractivity contribution in [1.82, 2.24) is 19.0 Å². The molecule has 2 aromatic carbocycles.